The molecule has 0 spiro atoms. The zero-order valence-corrected chi connectivity index (χ0v) is 13.9. The van der Waals surface area contributed by atoms with Gasteiger partial charge in [-0.2, -0.15) is 0 Å². The van der Waals surface area contributed by atoms with Crippen LogP contribution in [0, 0.1) is 0 Å². The van der Waals surface area contributed by atoms with Crippen LogP contribution in [0.3, 0.4) is 0 Å². The number of aliphatic carboxylic acids is 1. The molecule has 0 amide bonds. The molecule has 0 unspecified atom stereocenters. The summed E-state index contributed by atoms with van der Waals surface area (Å²) in [7, 11) is 1.37. The summed E-state index contributed by atoms with van der Waals surface area (Å²) >= 11 is 0. The third kappa shape index (κ3) is 4.31. The Morgan fingerprint density at radius 3 is 2.42 bits per heavy atom. The second-order valence-corrected chi connectivity index (χ2v) is 6.03. The normalized spacial score (nSPS) is 28.7. The number of esters is 1. The minimum atomic E-state index is -2.39. The number of phenols is 1. The molecule has 1 aliphatic rings. The van der Waals surface area contributed by atoms with Gasteiger partial charge in [0.25, 0.3) is 0 Å². The summed E-state index contributed by atoms with van der Waals surface area (Å²) in [6.07, 6.45) is -3.41. The van der Waals surface area contributed by atoms with Gasteiger partial charge < -0.3 is 39.8 Å². The summed E-state index contributed by atoms with van der Waals surface area (Å²) in [5.74, 6) is -2.57. The number of aliphatic hydroxyl groups is 3. The van der Waals surface area contributed by atoms with Crippen LogP contribution in [-0.4, -0.2) is 63.4 Å². The average molecular weight is 367 g/mol. The molecule has 0 saturated heterocycles. The molecule has 1 aromatic carbocycles. The molecule has 0 aliphatic heterocycles. The molecule has 4 N–H and O–H groups in total. The summed E-state index contributed by atoms with van der Waals surface area (Å²) in [5.41, 5.74) is -1.87. The van der Waals surface area contributed by atoms with Gasteiger partial charge in [-0.05, 0) is 23.8 Å². The maximum atomic E-state index is 11.9. The van der Waals surface area contributed by atoms with Crippen molar-refractivity contribution in [3.63, 3.8) is 0 Å². The van der Waals surface area contributed by atoms with Crippen LogP contribution in [0.25, 0.3) is 6.08 Å². The van der Waals surface area contributed by atoms with Crippen LogP contribution >= 0.6 is 0 Å². The summed E-state index contributed by atoms with van der Waals surface area (Å²) < 4.78 is 9.90. The summed E-state index contributed by atoms with van der Waals surface area (Å²) in [5, 5.41) is 50.0. The molecule has 1 aromatic rings. The minimum absolute atomic E-state index is 0.0684. The van der Waals surface area contributed by atoms with E-state index in [4.69, 9.17) is 9.47 Å². The lowest BCUT2D eigenvalue weighted by Gasteiger charge is -2.41. The summed E-state index contributed by atoms with van der Waals surface area (Å²) in [6, 6.07) is 4.37. The van der Waals surface area contributed by atoms with Crippen LogP contribution in [-0.2, 0) is 14.3 Å². The first-order valence-corrected chi connectivity index (χ1v) is 7.72. The van der Waals surface area contributed by atoms with E-state index in [-0.39, 0.29) is 11.5 Å². The van der Waals surface area contributed by atoms with E-state index in [1.54, 1.807) is 0 Å². The highest BCUT2D eigenvalue weighted by atomic mass is 16.6. The smallest absolute Gasteiger partial charge is 0.331 e. The predicted molar refractivity (Wildman–Crippen MR) is 84.8 cm³/mol. The third-order valence-corrected chi connectivity index (χ3v) is 4.10. The van der Waals surface area contributed by atoms with Gasteiger partial charge in [0.15, 0.2) is 17.6 Å². The number of rotatable bonds is 5. The second kappa shape index (κ2) is 7.73. The van der Waals surface area contributed by atoms with Gasteiger partial charge in [0.1, 0.15) is 5.60 Å². The van der Waals surface area contributed by atoms with Gasteiger partial charge in [-0.25, -0.2) is 4.79 Å². The van der Waals surface area contributed by atoms with Crippen molar-refractivity contribution in [3.8, 4) is 11.5 Å². The molecule has 0 heterocycles. The molecule has 0 aromatic heterocycles. The van der Waals surface area contributed by atoms with Crippen molar-refractivity contribution in [3.05, 3.63) is 29.8 Å². The third-order valence-electron chi connectivity index (χ3n) is 4.10. The van der Waals surface area contributed by atoms with Crippen LogP contribution in [0.5, 0.6) is 11.5 Å². The van der Waals surface area contributed by atoms with Crippen molar-refractivity contribution in [1.29, 1.82) is 0 Å². The van der Waals surface area contributed by atoms with E-state index in [9.17, 15) is 35.1 Å². The summed E-state index contributed by atoms with van der Waals surface area (Å²) in [6.45, 7) is 0. The van der Waals surface area contributed by atoms with E-state index < -0.39 is 48.7 Å². The van der Waals surface area contributed by atoms with Crippen LogP contribution in [0.1, 0.15) is 18.4 Å². The number of carboxylic acids is 1. The quantitative estimate of drug-likeness (QED) is 0.352. The number of methoxy groups -OCH3 is 1. The van der Waals surface area contributed by atoms with E-state index in [1.807, 2.05) is 0 Å². The molecule has 1 fully saturated rings. The Labute approximate surface area is 148 Å². The molecule has 0 bridgehead atoms. The van der Waals surface area contributed by atoms with E-state index >= 15 is 0 Å². The second-order valence-electron chi connectivity index (χ2n) is 6.03. The number of hydrogen-bond donors (Lipinski definition) is 4. The largest absolute Gasteiger partial charge is 0.547 e. The highest BCUT2D eigenvalue weighted by Gasteiger charge is 2.46. The molecule has 142 valence electrons. The molecule has 26 heavy (non-hydrogen) atoms. The van der Waals surface area contributed by atoms with Gasteiger partial charge in [-0.1, -0.05) is 6.07 Å². The van der Waals surface area contributed by atoms with Crippen LogP contribution < -0.4 is 9.84 Å². The number of carbonyl (C=O) groups excluding carboxylic acids is 2. The van der Waals surface area contributed by atoms with Gasteiger partial charge in [-0.3, -0.25) is 0 Å². The molecule has 2 rings (SSSR count). The first-order valence-electron chi connectivity index (χ1n) is 7.72. The van der Waals surface area contributed by atoms with E-state index in [2.05, 4.69) is 0 Å². The highest BCUT2D eigenvalue weighted by Crippen LogP contribution is 2.31. The predicted octanol–water partition coefficient (Wildman–Crippen LogP) is -1.68. The Morgan fingerprint density at radius 1 is 1.27 bits per heavy atom. The number of aliphatic hydroxyl groups excluding tert-OH is 2. The van der Waals surface area contributed by atoms with Crippen LogP contribution in [0.15, 0.2) is 24.3 Å². The molecule has 0 radical (unpaired) electrons. The van der Waals surface area contributed by atoms with Crippen molar-refractivity contribution in [1.82, 2.24) is 0 Å². The SMILES string of the molecule is COc1cc(/C=C/C(=O)OC2[C@H](O)CC(O)(C(=O)[O-])C[C@H]2O)ccc1O. The Bertz CT molecular complexity index is 700. The van der Waals surface area contributed by atoms with Crippen molar-refractivity contribution < 1.29 is 44.6 Å². The number of phenolic OH excluding ortho intramolecular Hbond substituents is 1. The lowest BCUT2D eigenvalue weighted by atomic mass is 9.79. The van der Waals surface area contributed by atoms with Crippen LogP contribution in [0.4, 0.5) is 0 Å². The van der Waals surface area contributed by atoms with E-state index in [0.717, 1.165) is 6.08 Å². The average Bonchev–Trinajstić information content (AvgIpc) is 2.57. The first-order chi connectivity index (χ1) is 12.2. The van der Waals surface area contributed by atoms with Crippen molar-refractivity contribution in [2.24, 2.45) is 0 Å². The molecule has 1 aliphatic carbocycles. The Kier molecular flexibility index (Phi) is 5.86. The maximum absolute atomic E-state index is 11.9. The Morgan fingerprint density at radius 2 is 1.88 bits per heavy atom. The Hall–Kier alpha value is -2.62. The zero-order valence-electron chi connectivity index (χ0n) is 13.9. The molecular weight excluding hydrogens is 348 g/mol. The van der Waals surface area contributed by atoms with Gasteiger partial charge >= 0.3 is 5.97 Å². The number of aromatic hydroxyl groups is 1. The maximum Gasteiger partial charge on any atom is 0.331 e. The van der Waals surface area contributed by atoms with Gasteiger partial charge in [-0.15, -0.1) is 0 Å². The number of carboxylic acid groups (broad SMARTS) is 1. The van der Waals surface area contributed by atoms with Gasteiger partial charge in [0.05, 0.1) is 25.3 Å². The Balaban J connectivity index is 2.02. The standard InChI is InChI=1S/C17H20O9/c1-25-13-6-9(2-4-10(13)18)3-5-14(21)26-15-11(19)7-17(24,16(22)23)8-12(15)20/h2-6,11-12,15,18-20,24H,7-8H2,1H3,(H,22,23)/p-1/b5-3+/t11-,12-,15?,17?/m1/s1. The fraction of sp³-hybridized carbons (Fsp3) is 0.412. The molecule has 1 saturated carbocycles. The topological polar surface area (TPSA) is 157 Å². The van der Waals surface area contributed by atoms with Gasteiger partial charge in [0, 0.05) is 18.9 Å². The lowest BCUT2D eigenvalue weighted by Crippen LogP contribution is -2.60. The van der Waals surface area contributed by atoms with E-state index in [1.165, 1.54) is 31.4 Å². The van der Waals surface area contributed by atoms with E-state index in [0.29, 0.717) is 5.56 Å². The number of hydrogen-bond acceptors (Lipinski definition) is 9. The van der Waals surface area contributed by atoms with Crippen molar-refractivity contribution in [2.75, 3.05) is 7.11 Å². The molecular formula is C17H19O9-. The highest BCUT2D eigenvalue weighted by molar-refractivity contribution is 5.87. The summed E-state index contributed by atoms with van der Waals surface area (Å²) in [4.78, 5) is 22.8. The fourth-order valence-corrected chi connectivity index (χ4v) is 2.72. The molecule has 9 heteroatoms. The first kappa shape index (κ1) is 19.7. The van der Waals surface area contributed by atoms with Crippen molar-refractivity contribution in [2.45, 2.75) is 36.8 Å². The van der Waals surface area contributed by atoms with Crippen LogP contribution in [0.2, 0.25) is 0 Å². The van der Waals surface area contributed by atoms with Crippen molar-refractivity contribution >= 4 is 18.0 Å². The number of carbonyl (C=O) groups is 2. The zero-order chi connectivity index (χ0) is 19.5. The molecule has 9 nitrogen and oxygen atoms in total. The molecule has 2 atom stereocenters. The van der Waals surface area contributed by atoms with Gasteiger partial charge in [0.2, 0.25) is 0 Å². The fourth-order valence-electron chi connectivity index (χ4n) is 2.72. The minimum Gasteiger partial charge on any atom is -0.547 e. The monoisotopic (exact) mass is 367 g/mol. The number of ether oxygens (including phenoxy) is 2. The lowest BCUT2D eigenvalue weighted by molar-refractivity contribution is -0.331. The number of benzene rings is 1.